The van der Waals surface area contributed by atoms with Gasteiger partial charge in [0.05, 0.1) is 5.75 Å². The Morgan fingerprint density at radius 3 is 1.90 bits per heavy atom. The Kier molecular flexibility index (Phi) is 8.56. The maximum atomic E-state index is 11.9. The summed E-state index contributed by atoms with van der Waals surface area (Å²) in [6.07, 6.45) is 0. The van der Waals surface area contributed by atoms with Crippen LogP contribution in [-0.4, -0.2) is 48.7 Å². The molecule has 20 heavy (non-hydrogen) atoms. The molecule has 0 amide bonds. The molecule has 0 saturated carbocycles. The van der Waals surface area contributed by atoms with Gasteiger partial charge in [0.1, 0.15) is 6.07 Å². The molecule has 0 spiro atoms. The van der Waals surface area contributed by atoms with Gasteiger partial charge in [-0.25, -0.2) is 8.42 Å². The van der Waals surface area contributed by atoms with E-state index in [1.54, 1.807) is 26.6 Å². The standard InChI is InChI=1S/C11H20N2O5SSi/c1-4-16-20(17-5-2,18-6-3)8-7-19(14,15)11(9-12)10-13/h12H,4-8H2,1-3H3. The first kappa shape index (κ1) is 19.0. The van der Waals surface area contributed by atoms with Gasteiger partial charge in [0, 0.05) is 31.7 Å². The number of rotatable bonds is 10. The highest BCUT2D eigenvalue weighted by atomic mass is 32.2. The second-order valence-corrected chi connectivity index (χ2v) is 8.39. The van der Waals surface area contributed by atoms with Crippen LogP contribution in [-0.2, 0) is 23.1 Å². The van der Waals surface area contributed by atoms with E-state index in [4.69, 9.17) is 23.9 Å². The average Bonchev–Trinajstić information content (AvgIpc) is 2.39. The van der Waals surface area contributed by atoms with Crippen LogP contribution in [0.3, 0.4) is 0 Å². The fourth-order valence-electron chi connectivity index (χ4n) is 1.54. The first-order valence-corrected chi connectivity index (χ1v) is 9.84. The van der Waals surface area contributed by atoms with Gasteiger partial charge in [-0.3, -0.25) is 5.41 Å². The van der Waals surface area contributed by atoms with Gasteiger partial charge in [0.15, 0.2) is 9.84 Å². The van der Waals surface area contributed by atoms with Crippen molar-refractivity contribution in [2.45, 2.75) is 26.8 Å². The van der Waals surface area contributed by atoms with Gasteiger partial charge in [-0.05, 0) is 20.8 Å². The summed E-state index contributed by atoms with van der Waals surface area (Å²) in [5.41, 5.74) is 0. The zero-order valence-corrected chi connectivity index (χ0v) is 13.7. The maximum Gasteiger partial charge on any atom is 0.501 e. The van der Waals surface area contributed by atoms with Crippen molar-refractivity contribution in [1.29, 1.82) is 10.7 Å². The molecule has 0 fully saturated rings. The van der Waals surface area contributed by atoms with Crippen molar-refractivity contribution < 1.29 is 21.7 Å². The molecule has 0 aliphatic carbocycles. The predicted octanol–water partition coefficient (Wildman–Crippen LogP) is 1.11. The molecule has 0 heterocycles. The monoisotopic (exact) mass is 320 g/mol. The van der Waals surface area contributed by atoms with Crippen LogP contribution in [0.2, 0.25) is 6.04 Å². The third-order valence-corrected chi connectivity index (χ3v) is 7.26. The molecule has 0 aromatic carbocycles. The summed E-state index contributed by atoms with van der Waals surface area (Å²) < 4.78 is 40.3. The lowest BCUT2D eigenvalue weighted by Crippen LogP contribution is -2.47. The molecule has 0 bridgehead atoms. The van der Waals surface area contributed by atoms with E-state index in [0.29, 0.717) is 19.8 Å². The molecule has 0 aliphatic heterocycles. The van der Waals surface area contributed by atoms with Crippen molar-refractivity contribution in [3.63, 3.8) is 0 Å². The first-order chi connectivity index (χ1) is 9.41. The first-order valence-electron chi connectivity index (χ1n) is 6.25. The Balaban J connectivity index is 5.10. The van der Waals surface area contributed by atoms with E-state index in [1.165, 1.54) is 6.07 Å². The lowest BCUT2D eigenvalue weighted by molar-refractivity contribution is 0.0727. The Hall–Kier alpha value is -1.01. The summed E-state index contributed by atoms with van der Waals surface area (Å²) in [6.45, 7) is 6.35. The van der Waals surface area contributed by atoms with Crippen LogP contribution in [0.15, 0.2) is 4.91 Å². The minimum atomic E-state index is -3.86. The minimum absolute atomic E-state index is 0.0394. The van der Waals surface area contributed by atoms with Crippen LogP contribution < -0.4 is 0 Å². The molecule has 0 radical (unpaired) electrons. The highest BCUT2D eigenvalue weighted by Crippen LogP contribution is 2.19. The second-order valence-electron chi connectivity index (χ2n) is 3.62. The second kappa shape index (κ2) is 9.02. The Morgan fingerprint density at radius 2 is 1.60 bits per heavy atom. The van der Waals surface area contributed by atoms with E-state index in [9.17, 15) is 8.42 Å². The molecule has 7 nitrogen and oxygen atoms in total. The van der Waals surface area contributed by atoms with E-state index in [2.05, 4.69) is 0 Å². The fourth-order valence-corrected chi connectivity index (χ4v) is 6.11. The Labute approximate surface area is 120 Å². The summed E-state index contributed by atoms with van der Waals surface area (Å²) in [5.74, 6) is 1.27. The van der Waals surface area contributed by atoms with E-state index in [-0.39, 0.29) is 11.8 Å². The lowest BCUT2D eigenvalue weighted by atomic mass is 10.7. The molecule has 0 unspecified atom stereocenters. The van der Waals surface area contributed by atoms with E-state index >= 15 is 0 Å². The van der Waals surface area contributed by atoms with Crippen molar-refractivity contribution in [3.8, 4) is 6.07 Å². The number of allylic oxidation sites excluding steroid dienone is 1. The van der Waals surface area contributed by atoms with Gasteiger partial charge in [-0.1, -0.05) is 0 Å². The van der Waals surface area contributed by atoms with Gasteiger partial charge in [-0.15, -0.1) is 0 Å². The fraction of sp³-hybridized carbons (Fsp3) is 0.727. The minimum Gasteiger partial charge on any atom is -0.374 e. The van der Waals surface area contributed by atoms with E-state index < -0.39 is 23.5 Å². The van der Waals surface area contributed by atoms with E-state index in [0.717, 1.165) is 0 Å². The number of nitriles is 1. The SMILES string of the molecule is CCO[Si](CCS(=O)(=O)C(=C=N)C#N)(OCC)OCC. The zero-order valence-electron chi connectivity index (χ0n) is 11.9. The molecule has 0 aromatic rings. The van der Waals surface area contributed by atoms with Crippen LogP contribution in [0.4, 0.5) is 0 Å². The largest absolute Gasteiger partial charge is 0.501 e. The van der Waals surface area contributed by atoms with Crippen molar-refractivity contribution in [2.75, 3.05) is 25.6 Å². The topological polar surface area (TPSA) is 109 Å². The molecule has 0 aromatic heterocycles. The quantitative estimate of drug-likeness (QED) is 0.367. The van der Waals surface area contributed by atoms with Gasteiger partial charge >= 0.3 is 8.80 Å². The number of hydrogen-bond donors (Lipinski definition) is 1. The lowest BCUT2D eigenvalue weighted by Gasteiger charge is -2.28. The maximum absolute atomic E-state index is 11.9. The predicted molar refractivity (Wildman–Crippen MR) is 76.1 cm³/mol. The molecule has 0 rings (SSSR count). The van der Waals surface area contributed by atoms with Crippen molar-refractivity contribution >= 4 is 24.5 Å². The third-order valence-electron chi connectivity index (χ3n) is 2.30. The normalized spacial score (nSPS) is 11.7. The Bertz CT molecular complexity index is 476. The van der Waals surface area contributed by atoms with Crippen LogP contribution in [0.1, 0.15) is 20.8 Å². The van der Waals surface area contributed by atoms with Gasteiger partial charge in [0.25, 0.3) is 0 Å². The van der Waals surface area contributed by atoms with Crippen LogP contribution in [0.5, 0.6) is 0 Å². The summed E-state index contributed by atoms with van der Waals surface area (Å²) in [7, 11) is -6.93. The Morgan fingerprint density at radius 1 is 1.15 bits per heavy atom. The molecular formula is C11H20N2O5SSi. The summed E-state index contributed by atoms with van der Waals surface area (Å²) >= 11 is 0. The smallest absolute Gasteiger partial charge is 0.374 e. The highest BCUT2D eigenvalue weighted by Gasteiger charge is 2.42. The molecule has 9 heteroatoms. The number of nitrogens with zero attached hydrogens (tertiary/aromatic N) is 1. The molecule has 0 saturated heterocycles. The van der Waals surface area contributed by atoms with Gasteiger partial charge in [0.2, 0.25) is 4.91 Å². The molecule has 1 N–H and O–H groups in total. The molecular weight excluding hydrogens is 300 g/mol. The van der Waals surface area contributed by atoms with Crippen molar-refractivity contribution in [2.24, 2.45) is 0 Å². The number of nitrogens with one attached hydrogen (secondary N) is 1. The summed E-state index contributed by atoms with van der Waals surface area (Å²) in [5, 5.41) is 15.5. The van der Waals surface area contributed by atoms with Crippen LogP contribution in [0.25, 0.3) is 0 Å². The van der Waals surface area contributed by atoms with Crippen molar-refractivity contribution in [3.05, 3.63) is 4.91 Å². The molecule has 0 aliphatic rings. The highest BCUT2D eigenvalue weighted by molar-refractivity contribution is 7.95. The average molecular weight is 320 g/mol. The van der Waals surface area contributed by atoms with Crippen LogP contribution in [0, 0.1) is 16.7 Å². The van der Waals surface area contributed by atoms with Gasteiger partial charge < -0.3 is 13.3 Å². The third kappa shape index (κ3) is 5.54. The molecule has 0 atom stereocenters. The van der Waals surface area contributed by atoms with Crippen LogP contribution >= 0.6 is 0 Å². The number of sulfone groups is 1. The number of hydrogen-bond acceptors (Lipinski definition) is 7. The van der Waals surface area contributed by atoms with Crippen molar-refractivity contribution in [1.82, 2.24) is 0 Å². The zero-order chi connectivity index (χ0) is 15.6. The van der Waals surface area contributed by atoms with Gasteiger partial charge in [-0.2, -0.15) is 5.26 Å². The van der Waals surface area contributed by atoms with E-state index in [1.807, 2.05) is 0 Å². The molecule has 114 valence electrons. The summed E-state index contributed by atoms with van der Waals surface area (Å²) in [4.78, 5) is -0.690. The summed E-state index contributed by atoms with van der Waals surface area (Å²) in [6, 6.07) is 1.49.